The van der Waals surface area contributed by atoms with Gasteiger partial charge in [0.1, 0.15) is 6.61 Å². The number of amides is 1. The molecule has 4 aromatic carbocycles. The second-order valence-corrected chi connectivity index (χ2v) is 15.7. The lowest BCUT2D eigenvalue weighted by atomic mass is 10.3. The van der Waals surface area contributed by atoms with Gasteiger partial charge in [0.25, 0.3) is 0 Å². The molecule has 0 saturated carbocycles. The summed E-state index contributed by atoms with van der Waals surface area (Å²) < 4.78 is 21.8. The van der Waals surface area contributed by atoms with Crippen LogP contribution < -0.4 is 21.2 Å². The summed E-state index contributed by atoms with van der Waals surface area (Å²) in [6, 6.07) is 43.5. The number of carbonyl (C=O) groups excluding carboxylic acids is 1. The minimum absolute atomic E-state index is 0.0394. The lowest BCUT2D eigenvalue weighted by Gasteiger charge is -2.34. The van der Waals surface area contributed by atoms with Gasteiger partial charge in [0.15, 0.2) is 0 Å². The molecule has 45 heavy (non-hydrogen) atoms. The van der Waals surface area contributed by atoms with Gasteiger partial charge in [-0.3, -0.25) is 4.79 Å². The van der Waals surface area contributed by atoms with E-state index in [1.54, 1.807) is 7.11 Å². The van der Waals surface area contributed by atoms with Crippen molar-refractivity contribution >= 4 is 43.0 Å². The zero-order valence-electron chi connectivity index (χ0n) is 25.9. The van der Waals surface area contributed by atoms with Crippen molar-refractivity contribution in [2.75, 3.05) is 66.4 Å². The van der Waals surface area contributed by atoms with Crippen LogP contribution in [0.5, 0.6) is 0 Å². The quantitative estimate of drug-likeness (QED) is 0.125. The van der Waals surface area contributed by atoms with Crippen molar-refractivity contribution in [3.05, 3.63) is 121 Å². The van der Waals surface area contributed by atoms with E-state index in [-0.39, 0.29) is 23.8 Å². The Kier molecular flexibility index (Phi) is 13.6. The molecule has 0 aliphatic carbocycles. The van der Waals surface area contributed by atoms with E-state index in [0.717, 1.165) is 0 Å². The third-order valence-corrected chi connectivity index (χ3v) is 13.8. The smallest absolute Gasteiger partial charge is 0.248 e. The molecular weight excluding hydrogens is 600 g/mol. The van der Waals surface area contributed by atoms with Gasteiger partial charge in [-0.2, -0.15) is 0 Å². The van der Waals surface area contributed by atoms with E-state index < -0.39 is 15.8 Å². The maximum atomic E-state index is 13.7. The minimum Gasteiger partial charge on any atom is -0.382 e. The van der Waals surface area contributed by atoms with Crippen molar-refractivity contribution in [3.8, 4) is 0 Å². The van der Waals surface area contributed by atoms with Crippen LogP contribution in [0.15, 0.2) is 121 Å². The fourth-order valence-corrected chi connectivity index (χ4v) is 12.2. The second kappa shape index (κ2) is 18.3. The Hall–Kier alpha value is -2.95. The van der Waals surface area contributed by atoms with Crippen LogP contribution >= 0.6 is 15.8 Å². The minimum atomic E-state index is -0.743. The van der Waals surface area contributed by atoms with Gasteiger partial charge >= 0.3 is 0 Å². The molecule has 236 valence electrons. The maximum absolute atomic E-state index is 13.7. The molecular formula is C37H43NO5P2. The first-order valence-corrected chi connectivity index (χ1v) is 18.4. The van der Waals surface area contributed by atoms with Crippen LogP contribution in [0.2, 0.25) is 0 Å². The Labute approximate surface area is 270 Å². The van der Waals surface area contributed by atoms with Gasteiger partial charge in [0.05, 0.1) is 39.6 Å². The van der Waals surface area contributed by atoms with Crippen LogP contribution in [0.25, 0.3) is 0 Å². The third-order valence-electron chi connectivity index (χ3n) is 7.81. The first-order chi connectivity index (χ1) is 22.3. The summed E-state index contributed by atoms with van der Waals surface area (Å²) in [7, 11) is 0.165. The second-order valence-electron chi connectivity index (χ2n) is 10.8. The van der Waals surface area contributed by atoms with E-state index >= 15 is 0 Å². The van der Waals surface area contributed by atoms with Gasteiger partial charge in [0.2, 0.25) is 5.91 Å². The molecule has 4 aromatic rings. The number of likely N-dealkylation sites (tertiary alicyclic amines) is 1. The molecule has 5 rings (SSSR count). The van der Waals surface area contributed by atoms with E-state index in [4.69, 9.17) is 18.9 Å². The van der Waals surface area contributed by atoms with Crippen molar-refractivity contribution < 1.29 is 23.7 Å². The number of hydrogen-bond donors (Lipinski definition) is 0. The number of nitrogens with zero attached hydrogens (tertiary/aromatic N) is 1. The largest absolute Gasteiger partial charge is 0.382 e. The summed E-state index contributed by atoms with van der Waals surface area (Å²) in [6.45, 7) is 4.37. The number of benzene rings is 4. The number of ether oxygens (including phenoxy) is 4. The molecule has 0 aromatic heterocycles. The summed E-state index contributed by atoms with van der Waals surface area (Å²) in [5, 5.41) is 5.38. The van der Waals surface area contributed by atoms with E-state index in [2.05, 4.69) is 126 Å². The van der Waals surface area contributed by atoms with Gasteiger partial charge in [0, 0.05) is 31.5 Å². The standard InChI is InChI=1S/C37H43NO5P2/c1-40-22-23-41-24-25-42-26-27-43-30-37(39)38-28-35(44(31-14-6-2-7-15-31)32-16-8-3-9-17-32)36(29-38)45(33-18-10-4-11-19-33)34-20-12-5-13-21-34/h2-21,35-36H,22-30H2,1H3. The Bertz CT molecular complexity index is 1230. The Balaban J connectivity index is 1.36. The molecule has 1 heterocycles. The fourth-order valence-electron chi connectivity index (χ4n) is 5.73. The van der Waals surface area contributed by atoms with Crippen LogP contribution in [-0.4, -0.2) is 88.6 Å². The zero-order valence-corrected chi connectivity index (χ0v) is 27.7. The number of methoxy groups -OCH3 is 1. The van der Waals surface area contributed by atoms with Crippen molar-refractivity contribution in [1.82, 2.24) is 4.90 Å². The van der Waals surface area contributed by atoms with E-state index in [9.17, 15) is 4.79 Å². The number of hydrogen-bond acceptors (Lipinski definition) is 5. The zero-order chi connectivity index (χ0) is 31.1. The van der Waals surface area contributed by atoms with Crippen molar-refractivity contribution in [3.63, 3.8) is 0 Å². The average molecular weight is 644 g/mol. The van der Waals surface area contributed by atoms with Crippen LogP contribution in [0.4, 0.5) is 0 Å². The van der Waals surface area contributed by atoms with E-state index in [1.807, 2.05) is 0 Å². The first-order valence-electron chi connectivity index (χ1n) is 15.5. The predicted molar refractivity (Wildman–Crippen MR) is 187 cm³/mol. The van der Waals surface area contributed by atoms with Crippen molar-refractivity contribution in [1.29, 1.82) is 0 Å². The lowest BCUT2D eigenvalue weighted by Crippen LogP contribution is -2.34. The molecule has 0 N–H and O–H groups in total. The highest BCUT2D eigenvalue weighted by atomic mass is 31.1. The van der Waals surface area contributed by atoms with Gasteiger partial charge in [-0.25, -0.2) is 0 Å². The van der Waals surface area contributed by atoms with Gasteiger partial charge in [-0.15, -0.1) is 0 Å². The Morgan fingerprint density at radius 3 is 1.24 bits per heavy atom. The molecule has 0 radical (unpaired) electrons. The SMILES string of the molecule is COCCOCCOCCOCC(=O)N1CC(P(c2ccccc2)c2ccccc2)C(P(c2ccccc2)c2ccccc2)C1. The normalized spacial score (nSPS) is 16.5. The summed E-state index contributed by atoms with van der Waals surface area (Å²) in [5.41, 5.74) is 0.559. The highest BCUT2D eigenvalue weighted by molar-refractivity contribution is 7.77. The van der Waals surface area contributed by atoms with Crippen LogP contribution in [0.3, 0.4) is 0 Å². The highest BCUT2D eigenvalue weighted by Crippen LogP contribution is 2.54. The number of carbonyl (C=O) groups is 1. The third kappa shape index (κ3) is 9.53. The van der Waals surface area contributed by atoms with E-state index in [0.29, 0.717) is 52.7 Å². The summed E-state index contributed by atoms with van der Waals surface area (Å²) in [6.07, 6.45) is 0. The summed E-state index contributed by atoms with van der Waals surface area (Å²) in [4.78, 5) is 15.8. The average Bonchev–Trinajstić information content (AvgIpc) is 3.52. The number of rotatable bonds is 17. The van der Waals surface area contributed by atoms with Crippen molar-refractivity contribution in [2.45, 2.75) is 11.3 Å². The summed E-state index contributed by atoms with van der Waals surface area (Å²) in [5.74, 6) is 0.0394. The Morgan fingerprint density at radius 2 is 0.889 bits per heavy atom. The van der Waals surface area contributed by atoms with Gasteiger partial charge in [-0.05, 0) is 37.1 Å². The molecule has 0 bridgehead atoms. The van der Waals surface area contributed by atoms with Gasteiger partial charge < -0.3 is 23.8 Å². The molecule has 1 saturated heterocycles. The molecule has 1 aliphatic rings. The molecule has 2 atom stereocenters. The highest BCUT2D eigenvalue weighted by Gasteiger charge is 2.45. The van der Waals surface area contributed by atoms with Crippen LogP contribution in [0.1, 0.15) is 0 Å². The molecule has 8 heteroatoms. The predicted octanol–water partition coefficient (Wildman–Crippen LogP) is 4.53. The topological polar surface area (TPSA) is 57.2 Å². The van der Waals surface area contributed by atoms with Gasteiger partial charge in [-0.1, -0.05) is 121 Å². The molecule has 2 unspecified atom stereocenters. The maximum Gasteiger partial charge on any atom is 0.248 e. The molecule has 1 amide bonds. The monoisotopic (exact) mass is 643 g/mol. The van der Waals surface area contributed by atoms with E-state index in [1.165, 1.54) is 21.2 Å². The first kappa shape index (κ1) is 33.4. The van der Waals surface area contributed by atoms with Crippen molar-refractivity contribution in [2.24, 2.45) is 0 Å². The lowest BCUT2D eigenvalue weighted by molar-refractivity contribution is -0.135. The summed E-state index contributed by atoms with van der Waals surface area (Å²) >= 11 is 0. The van der Waals surface area contributed by atoms with Crippen LogP contribution in [-0.2, 0) is 23.7 Å². The molecule has 1 fully saturated rings. The molecule has 6 nitrogen and oxygen atoms in total. The Morgan fingerprint density at radius 1 is 0.556 bits per heavy atom. The van der Waals surface area contributed by atoms with Crippen LogP contribution in [0, 0.1) is 0 Å². The fraction of sp³-hybridized carbons (Fsp3) is 0.324. The molecule has 1 aliphatic heterocycles. The molecule has 0 spiro atoms.